The summed E-state index contributed by atoms with van der Waals surface area (Å²) in [7, 11) is 0. The minimum Gasteiger partial charge on any atom is -0.320 e. The average molecular weight is 361 g/mol. The lowest BCUT2D eigenvalue weighted by molar-refractivity contribution is 0.873. The van der Waals surface area contributed by atoms with E-state index >= 15 is 0 Å². The number of fused-ring (bicyclic) bond motifs is 1. The fraction of sp³-hybridized carbons (Fsp3) is 0.111. The molecule has 0 aliphatic heterocycles. The van der Waals surface area contributed by atoms with Crippen LogP contribution in [-0.2, 0) is 0 Å². The lowest BCUT2D eigenvalue weighted by atomic mass is 9.96. The quantitative estimate of drug-likeness (QED) is 0.631. The Kier molecular flexibility index (Phi) is 4.03. The van der Waals surface area contributed by atoms with E-state index in [1.54, 1.807) is 0 Å². The molecule has 2 N–H and O–H groups in total. The average Bonchev–Trinajstić information content (AvgIpc) is 2.49. The fourth-order valence-electron chi connectivity index (χ4n) is 2.42. The first-order chi connectivity index (χ1) is 10.0. The minimum absolute atomic E-state index is 0.170. The lowest BCUT2D eigenvalue weighted by Gasteiger charge is -2.14. The second-order valence-electron chi connectivity index (χ2n) is 5.24. The van der Waals surface area contributed by atoms with Gasteiger partial charge in [0.1, 0.15) is 0 Å². The van der Waals surface area contributed by atoms with E-state index in [0.717, 1.165) is 26.2 Å². The van der Waals surface area contributed by atoms with Crippen molar-refractivity contribution < 1.29 is 0 Å². The van der Waals surface area contributed by atoms with Crippen molar-refractivity contribution in [2.75, 3.05) is 0 Å². The maximum absolute atomic E-state index is 6.39. The summed E-state index contributed by atoms with van der Waals surface area (Å²) in [5.41, 5.74) is 9.57. The Morgan fingerprint density at radius 2 is 1.52 bits per heavy atom. The maximum Gasteiger partial charge on any atom is 0.0552 e. The van der Waals surface area contributed by atoms with Crippen molar-refractivity contribution in [3.63, 3.8) is 0 Å². The van der Waals surface area contributed by atoms with Gasteiger partial charge in [0.15, 0.2) is 0 Å². The summed E-state index contributed by atoms with van der Waals surface area (Å²) < 4.78 is 1.08. The van der Waals surface area contributed by atoms with Crippen molar-refractivity contribution >= 4 is 38.3 Å². The summed E-state index contributed by atoms with van der Waals surface area (Å²) in [6, 6.07) is 18.4. The van der Waals surface area contributed by atoms with Crippen LogP contribution in [0.5, 0.6) is 0 Å². The Morgan fingerprint density at radius 1 is 0.905 bits per heavy atom. The van der Waals surface area contributed by atoms with Crippen LogP contribution >= 0.6 is 27.5 Å². The van der Waals surface area contributed by atoms with Gasteiger partial charge in [0.25, 0.3) is 0 Å². The van der Waals surface area contributed by atoms with Gasteiger partial charge in [-0.1, -0.05) is 57.9 Å². The molecule has 1 atom stereocenters. The zero-order valence-corrected chi connectivity index (χ0v) is 13.9. The van der Waals surface area contributed by atoms with Crippen LogP contribution in [0, 0.1) is 6.92 Å². The molecule has 0 bridgehead atoms. The van der Waals surface area contributed by atoms with Gasteiger partial charge < -0.3 is 5.73 Å². The molecule has 0 fully saturated rings. The number of nitrogens with two attached hydrogens (primary N) is 1. The third-order valence-corrected chi connectivity index (χ3v) is 4.64. The Bertz CT molecular complexity index is 813. The highest BCUT2D eigenvalue weighted by Gasteiger charge is 2.11. The van der Waals surface area contributed by atoms with Crippen LogP contribution < -0.4 is 5.73 Å². The maximum atomic E-state index is 6.39. The minimum atomic E-state index is -0.170. The van der Waals surface area contributed by atoms with Gasteiger partial charge in [-0.25, -0.2) is 0 Å². The van der Waals surface area contributed by atoms with Crippen molar-refractivity contribution in [2.45, 2.75) is 13.0 Å². The highest BCUT2D eigenvalue weighted by molar-refractivity contribution is 9.10. The van der Waals surface area contributed by atoms with Gasteiger partial charge in [0.2, 0.25) is 0 Å². The van der Waals surface area contributed by atoms with Crippen LogP contribution in [-0.4, -0.2) is 0 Å². The van der Waals surface area contributed by atoms with Gasteiger partial charge in [-0.05, 0) is 58.7 Å². The number of halogens is 2. The molecule has 0 heterocycles. The second kappa shape index (κ2) is 5.80. The molecule has 0 radical (unpaired) electrons. The predicted molar refractivity (Wildman–Crippen MR) is 93.9 cm³/mol. The molecule has 0 saturated carbocycles. The van der Waals surface area contributed by atoms with E-state index in [4.69, 9.17) is 17.3 Å². The molecule has 21 heavy (non-hydrogen) atoms. The summed E-state index contributed by atoms with van der Waals surface area (Å²) in [5.74, 6) is 0. The summed E-state index contributed by atoms with van der Waals surface area (Å²) in [4.78, 5) is 0. The van der Waals surface area contributed by atoms with Crippen molar-refractivity contribution in [3.05, 3.63) is 80.8 Å². The monoisotopic (exact) mass is 359 g/mol. The molecule has 106 valence electrons. The zero-order valence-electron chi connectivity index (χ0n) is 11.6. The Morgan fingerprint density at radius 3 is 2.29 bits per heavy atom. The van der Waals surface area contributed by atoms with Gasteiger partial charge in [0.05, 0.1) is 6.04 Å². The molecule has 0 spiro atoms. The molecule has 3 rings (SSSR count). The topological polar surface area (TPSA) is 26.0 Å². The SMILES string of the molecule is Cc1ccc(C(N)c2ccc3cc(Br)ccc3c2)cc1Cl. The molecule has 0 aliphatic rings. The van der Waals surface area contributed by atoms with Crippen LogP contribution in [0.3, 0.4) is 0 Å². The standard InChI is InChI=1S/C18H15BrClN/c1-11-2-3-15(10-17(11)20)18(21)14-5-4-13-9-16(19)7-6-12(13)8-14/h2-10,18H,21H2,1H3. The van der Waals surface area contributed by atoms with Crippen molar-refractivity contribution in [2.24, 2.45) is 5.73 Å². The van der Waals surface area contributed by atoms with Gasteiger partial charge in [-0.2, -0.15) is 0 Å². The molecule has 0 aliphatic carbocycles. The second-order valence-corrected chi connectivity index (χ2v) is 6.56. The number of hydrogen-bond donors (Lipinski definition) is 1. The van der Waals surface area contributed by atoms with E-state index in [0.29, 0.717) is 0 Å². The van der Waals surface area contributed by atoms with E-state index in [1.807, 2.05) is 31.2 Å². The van der Waals surface area contributed by atoms with Gasteiger partial charge in [-0.15, -0.1) is 0 Å². The number of aryl methyl sites for hydroxylation is 1. The van der Waals surface area contributed by atoms with Crippen LogP contribution in [0.4, 0.5) is 0 Å². The van der Waals surface area contributed by atoms with Crippen molar-refractivity contribution in [1.82, 2.24) is 0 Å². The Hall–Kier alpha value is -1.35. The molecular formula is C18H15BrClN. The first-order valence-corrected chi connectivity index (χ1v) is 7.92. The number of hydrogen-bond acceptors (Lipinski definition) is 1. The first kappa shape index (κ1) is 14.6. The van der Waals surface area contributed by atoms with Crippen LogP contribution in [0.1, 0.15) is 22.7 Å². The molecule has 0 saturated heterocycles. The normalized spacial score (nSPS) is 12.6. The molecular weight excluding hydrogens is 346 g/mol. The van der Waals surface area contributed by atoms with Crippen LogP contribution in [0.2, 0.25) is 5.02 Å². The summed E-state index contributed by atoms with van der Waals surface area (Å²) in [6.07, 6.45) is 0. The van der Waals surface area contributed by atoms with E-state index in [9.17, 15) is 0 Å². The van der Waals surface area contributed by atoms with Gasteiger partial charge in [0, 0.05) is 9.50 Å². The molecule has 3 heteroatoms. The lowest BCUT2D eigenvalue weighted by Crippen LogP contribution is -2.11. The van der Waals surface area contributed by atoms with Gasteiger partial charge in [-0.3, -0.25) is 0 Å². The number of benzene rings is 3. The third-order valence-electron chi connectivity index (χ3n) is 3.74. The van der Waals surface area contributed by atoms with E-state index < -0.39 is 0 Å². The molecule has 3 aromatic rings. The number of rotatable bonds is 2. The van der Waals surface area contributed by atoms with E-state index in [-0.39, 0.29) is 6.04 Å². The predicted octanol–water partition coefficient (Wildman–Crippen LogP) is 5.61. The molecule has 0 amide bonds. The fourth-order valence-corrected chi connectivity index (χ4v) is 2.99. The summed E-state index contributed by atoms with van der Waals surface area (Å²) in [5, 5.41) is 3.14. The van der Waals surface area contributed by atoms with E-state index in [1.165, 1.54) is 10.8 Å². The van der Waals surface area contributed by atoms with Crippen LogP contribution in [0.15, 0.2) is 59.1 Å². The highest BCUT2D eigenvalue weighted by Crippen LogP contribution is 2.28. The Labute approximate surface area is 137 Å². The van der Waals surface area contributed by atoms with Crippen LogP contribution in [0.25, 0.3) is 10.8 Å². The van der Waals surface area contributed by atoms with Crippen molar-refractivity contribution in [3.8, 4) is 0 Å². The van der Waals surface area contributed by atoms with E-state index in [2.05, 4.69) is 46.3 Å². The van der Waals surface area contributed by atoms with Gasteiger partial charge >= 0.3 is 0 Å². The molecule has 0 aromatic heterocycles. The largest absolute Gasteiger partial charge is 0.320 e. The molecule has 3 aromatic carbocycles. The molecule has 1 unspecified atom stereocenters. The van der Waals surface area contributed by atoms with Crippen molar-refractivity contribution in [1.29, 1.82) is 0 Å². The third kappa shape index (κ3) is 2.98. The Balaban J connectivity index is 2.02. The smallest absolute Gasteiger partial charge is 0.0552 e. The zero-order chi connectivity index (χ0) is 15.0. The first-order valence-electron chi connectivity index (χ1n) is 6.75. The highest BCUT2D eigenvalue weighted by atomic mass is 79.9. The molecule has 1 nitrogen and oxygen atoms in total. The summed E-state index contributed by atoms with van der Waals surface area (Å²) >= 11 is 9.69. The summed E-state index contributed by atoms with van der Waals surface area (Å²) in [6.45, 7) is 1.99.